The molecule has 69 heavy (non-hydrogen) atoms. The molecule has 0 aliphatic carbocycles. The van der Waals surface area contributed by atoms with E-state index in [1.807, 2.05) is 41.5 Å². The Morgan fingerprint density at radius 2 is 0.623 bits per heavy atom. The molecule has 0 saturated carbocycles. The van der Waals surface area contributed by atoms with E-state index in [2.05, 4.69) is 0 Å². The highest BCUT2D eigenvalue weighted by molar-refractivity contribution is 6.01. The molecule has 0 aromatic rings. The van der Waals surface area contributed by atoms with E-state index in [1.54, 1.807) is 4.90 Å². The molecule has 0 atom stereocenters. The van der Waals surface area contributed by atoms with Crippen LogP contribution in [0.15, 0.2) is 0 Å². The van der Waals surface area contributed by atoms with Gasteiger partial charge in [0.25, 0.3) is 11.8 Å². The molecule has 0 bridgehead atoms. The predicted octanol–water partition coefficient (Wildman–Crippen LogP) is 1.87. The van der Waals surface area contributed by atoms with Crippen molar-refractivity contribution in [3.63, 3.8) is 0 Å². The van der Waals surface area contributed by atoms with E-state index in [-0.39, 0.29) is 103 Å². The molecule has 0 unspecified atom stereocenters. The molecule has 23 heteroatoms. The summed E-state index contributed by atoms with van der Waals surface area (Å²) in [6, 6.07) is 0. The Balaban J connectivity index is 2.19. The number of imide groups is 1. The third-order valence-electron chi connectivity index (χ3n) is 8.56. The molecule has 0 N–H and O–H groups in total. The number of ether oxygens (including phenoxy) is 14. The average Bonchev–Trinajstić information content (AvgIpc) is 3.59. The van der Waals surface area contributed by atoms with Gasteiger partial charge in [-0.05, 0) is 41.5 Å². The Labute approximate surface area is 407 Å². The van der Waals surface area contributed by atoms with Crippen molar-refractivity contribution in [2.45, 2.75) is 91.3 Å². The highest BCUT2D eigenvalue weighted by Crippen LogP contribution is 2.13. The molecular weight excluding hydrogens is 916 g/mol. The van der Waals surface area contributed by atoms with Crippen LogP contribution in [0.2, 0.25) is 0 Å². The van der Waals surface area contributed by atoms with Gasteiger partial charge in [0, 0.05) is 25.9 Å². The topological polar surface area (TPSA) is 247 Å². The van der Waals surface area contributed by atoms with Crippen LogP contribution in [0.5, 0.6) is 0 Å². The van der Waals surface area contributed by atoms with Crippen LogP contribution in [0.4, 0.5) is 0 Å². The van der Waals surface area contributed by atoms with Crippen LogP contribution < -0.4 is 0 Å². The molecule has 0 radical (unpaired) electrons. The minimum atomic E-state index is -0.730. The lowest BCUT2D eigenvalue weighted by Crippen LogP contribution is -2.37. The third kappa shape index (κ3) is 40.9. The highest BCUT2D eigenvalue weighted by atomic mass is 16.7. The lowest BCUT2D eigenvalue weighted by atomic mass is 10.2. The first-order valence-electron chi connectivity index (χ1n) is 23.8. The number of hydrogen-bond donors (Lipinski definition) is 0. The minimum absolute atomic E-state index is 0.0326. The monoisotopic (exact) mass is 999 g/mol. The van der Waals surface area contributed by atoms with E-state index in [0.29, 0.717) is 130 Å². The van der Waals surface area contributed by atoms with Crippen LogP contribution >= 0.6 is 0 Å². The minimum Gasteiger partial charge on any atom is -0.460 e. The van der Waals surface area contributed by atoms with Crippen molar-refractivity contribution in [1.82, 2.24) is 9.96 Å². The molecule has 1 rings (SSSR count). The Morgan fingerprint density at radius 3 is 0.913 bits per heavy atom. The van der Waals surface area contributed by atoms with Crippen molar-refractivity contribution in [2.75, 3.05) is 172 Å². The fraction of sp³-hybridized carbons (Fsp3) is 0.870. The number of esters is 2. The van der Waals surface area contributed by atoms with E-state index in [9.17, 15) is 28.8 Å². The molecule has 1 saturated heterocycles. The van der Waals surface area contributed by atoms with Gasteiger partial charge in [-0.3, -0.25) is 24.0 Å². The van der Waals surface area contributed by atoms with Crippen LogP contribution in [0.1, 0.15) is 80.1 Å². The number of nitrogens with zero attached hydrogens (tertiary/aromatic N) is 2. The summed E-state index contributed by atoms with van der Waals surface area (Å²) in [5.74, 6) is -2.52. The summed E-state index contributed by atoms with van der Waals surface area (Å²) in [5, 5.41) is 0.502. The smallest absolute Gasteiger partial charge is 0.335 e. The standard InChI is InChI=1S/C46H82N2O21/c1-45(2,3)67-42(52)10-16-56-22-28-62-35-37-65-31-25-59-19-13-47(14-20-60-26-32-66-38-36-63-29-23-57-17-11-43(53)68-46(4,5)6)39(49)9-15-55-21-27-61-33-34-64-30-24-58-18-12-44(54)69-48-40(50)7-8-41(48)51/h7-38H2,1-6H3. The zero-order valence-electron chi connectivity index (χ0n) is 42.1. The third-order valence-corrected chi connectivity index (χ3v) is 8.56. The van der Waals surface area contributed by atoms with Gasteiger partial charge >= 0.3 is 17.9 Å². The van der Waals surface area contributed by atoms with Gasteiger partial charge < -0.3 is 76.1 Å². The van der Waals surface area contributed by atoms with Crippen molar-refractivity contribution in [2.24, 2.45) is 0 Å². The summed E-state index contributed by atoms with van der Waals surface area (Å²) >= 11 is 0. The second kappa shape index (κ2) is 41.2. The maximum atomic E-state index is 13.1. The van der Waals surface area contributed by atoms with Crippen molar-refractivity contribution < 1.29 is 99.9 Å². The summed E-state index contributed by atoms with van der Waals surface area (Å²) in [6.45, 7) is 19.1. The quantitative estimate of drug-likeness (QED) is 0.0480. The zero-order chi connectivity index (χ0) is 50.9. The normalized spacial score (nSPS) is 13.0. The predicted molar refractivity (Wildman–Crippen MR) is 244 cm³/mol. The first-order chi connectivity index (χ1) is 33.1. The number of hydroxylamine groups is 2. The lowest BCUT2D eigenvalue weighted by molar-refractivity contribution is -0.198. The molecule has 402 valence electrons. The number of hydrogen-bond acceptors (Lipinski definition) is 21. The van der Waals surface area contributed by atoms with Gasteiger partial charge in [0.15, 0.2) is 0 Å². The number of carbonyl (C=O) groups is 6. The lowest BCUT2D eigenvalue weighted by Gasteiger charge is -2.23. The molecule has 0 aromatic carbocycles. The second-order valence-electron chi connectivity index (χ2n) is 16.9. The van der Waals surface area contributed by atoms with Gasteiger partial charge in [0.1, 0.15) is 11.2 Å². The molecule has 1 fully saturated rings. The van der Waals surface area contributed by atoms with Crippen molar-refractivity contribution in [3.8, 4) is 0 Å². The van der Waals surface area contributed by atoms with Crippen LogP contribution in [0.3, 0.4) is 0 Å². The van der Waals surface area contributed by atoms with E-state index in [1.165, 1.54) is 0 Å². The maximum Gasteiger partial charge on any atom is 0.335 e. The fourth-order valence-electron chi connectivity index (χ4n) is 5.37. The van der Waals surface area contributed by atoms with Gasteiger partial charge in [0.05, 0.1) is 184 Å². The first-order valence-corrected chi connectivity index (χ1v) is 23.8. The van der Waals surface area contributed by atoms with Crippen molar-refractivity contribution >= 4 is 35.6 Å². The van der Waals surface area contributed by atoms with Crippen LogP contribution in [0, 0.1) is 0 Å². The van der Waals surface area contributed by atoms with Gasteiger partial charge in [-0.25, -0.2) is 4.79 Å². The van der Waals surface area contributed by atoms with E-state index in [0.717, 1.165) is 0 Å². The molecular formula is C46H82N2O21. The Kier molecular flexibility index (Phi) is 37.9. The Morgan fingerprint density at radius 1 is 0.377 bits per heavy atom. The van der Waals surface area contributed by atoms with E-state index < -0.39 is 29.0 Å². The summed E-state index contributed by atoms with van der Waals surface area (Å²) in [5.41, 5.74) is -1.04. The SMILES string of the molecule is CC(C)(C)OC(=O)CCOCCOCCOCCOCCN(CCOCCOCCOCCOCCC(=O)OC(C)(C)C)C(=O)CCOCCOCCOCCOCCC(=O)ON1C(=O)CCC1=O. The van der Waals surface area contributed by atoms with Gasteiger partial charge in [-0.1, -0.05) is 0 Å². The molecule has 23 nitrogen and oxygen atoms in total. The highest BCUT2D eigenvalue weighted by Gasteiger charge is 2.32. The number of amides is 3. The maximum absolute atomic E-state index is 13.1. The fourth-order valence-corrected chi connectivity index (χ4v) is 5.37. The molecule has 3 amide bonds. The largest absolute Gasteiger partial charge is 0.460 e. The van der Waals surface area contributed by atoms with Crippen LogP contribution in [0.25, 0.3) is 0 Å². The average molecular weight is 999 g/mol. The van der Waals surface area contributed by atoms with Gasteiger partial charge in [-0.2, -0.15) is 0 Å². The Hall–Kier alpha value is -3.46. The number of rotatable bonds is 46. The molecule has 0 aromatic heterocycles. The summed E-state index contributed by atoms with van der Waals surface area (Å²) in [7, 11) is 0. The molecule has 1 heterocycles. The Bertz CT molecular complexity index is 1300. The molecule has 1 aliphatic rings. The van der Waals surface area contributed by atoms with E-state index in [4.69, 9.17) is 71.2 Å². The van der Waals surface area contributed by atoms with Crippen molar-refractivity contribution in [1.29, 1.82) is 0 Å². The number of carbonyl (C=O) groups excluding carboxylic acids is 6. The van der Waals surface area contributed by atoms with Crippen molar-refractivity contribution in [3.05, 3.63) is 0 Å². The summed E-state index contributed by atoms with van der Waals surface area (Å²) in [4.78, 5) is 77.8. The van der Waals surface area contributed by atoms with Crippen LogP contribution in [-0.2, 0) is 99.9 Å². The zero-order valence-corrected chi connectivity index (χ0v) is 42.1. The molecule has 1 aliphatic heterocycles. The second-order valence-corrected chi connectivity index (χ2v) is 16.9. The first kappa shape index (κ1) is 63.6. The van der Waals surface area contributed by atoms with Gasteiger partial charge in [-0.15, -0.1) is 5.06 Å². The summed E-state index contributed by atoms with van der Waals surface area (Å²) in [6.07, 6.45) is 0.477. The van der Waals surface area contributed by atoms with Gasteiger partial charge in [0.2, 0.25) is 5.91 Å². The van der Waals surface area contributed by atoms with Crippen LogP contribution in [-0.4, -0.2) is 228 Å². The van der Waals surface area contributed by atoms with E-state index >= 15 is 0 Å². The summed E-state index contributed by atoms with van der Waals surface area (Å²) < 4.78 is 76.7. The molecule has 0 spiro atoms.